The molecule has 136 valence electrons. The normalized spacial score (nSPS) is 17.6. The van der Waals surface area contributed by atoms with Gasteiger partial charge in [0.2, 0.25) is 0 Å². The molecule has 25 heavy (non-hydrogen) atoms. The standard InChI is InChI=1S/C14H18FNO.C4H4O4/c1-16-7-3-4-11(10-16)8-14(17)12-5-2-6-13(15)9-12;5-3(6)1-2-4(7)8/h2,5-6,9,11H,3-4,7-8,10H2,1H3;1-2H,(H,5,6)(H,7,8)/b;2-1-. The molecular formula is C18H22FNO5. The smallest absolute Gasteiger partial charge is 0.328 e. The second-order valence-electron chi connectivity index (χ2n) is 5.92. The number of aliphatic carboxylic acids is 2. The van der Waals surface area contributed by atoms with Gasteiger partial charge in [-0.15, -0.1) is 0 Å². The van der Waals surface area contributed by atoms with Crippen molar-refractivity contribution in [2.75, 3.05) is 20.1 Å². The third-order valence-corrected chi connectivity index (χ3v) is 3.71. The molecule has 1 saturated heterocycles. The highest BCUT2D eigenvalue weighted by molar-refractivity contribution is 5.96. The van der Waals surface area contributed by atoms with Gasteiger partial charge in [-0.3, -0.25) is 4.79 Å². The fourth-order valence-electron chi connectivity index (χ4n) is 2.62. The van der Waals surface area contributed by atoms with E-state index in [1.54, 1.807) is 12.1 Å². The Hall–Kier alpha value is -2.54. The van der Waals surface area contributed by atoms with Gasteiger partial charge in [0.15, 0.2) is 5.78 Å². The molecule has 1 heterocycles. The zero-order valence-corrected chi connectivity index (χ0v) is 14.0. The predicted molar refractivity (Wildman–Crippen MR) is 90.0 cm³/mol. The van der Waals surface area contributed by atoms with E-state index in [0.29, 0.717) is 30.1 Å². The van der Waals surface area contributed by atoms with Gasteiger partial charge in [0.1, 0.15) is 5.82 Å². The summed E-state index contributed by atoms with van der Waals surface area (Å²) in [5.74, 6) is -2.37. The van der Waals surface area contributed by atoms with E-state index in [1.165, 1.54) is 12.1 Å². The summed E-state index contributed by atoms with van der Waals surface area (Å²) in [6, 6.07) is 5.98. The molecule has 0 saturated carbocycles. The summed E-state index contributed by atoms with van der Waals surface area (Å²) < 4.78 is 13.0. The molecule has 1 unspecified atom stereocenters. The number of carboxylic acids is 2. The zero-order chi connectivity index (χ0) is 18.8. The Balaban J connectivity index is 0.000000333. The molecule has 1 aromatic rings. The van der Waals surface area contributed by atoms with E-state index >= 15 is 0 Å². The Morgan fingerprint density at radius 2 is 1.88 bits per heavy atom. The lowest BCUT2D eigenvalue weighted by atomic mass is 9.91. The van der Waals surface area contributed by atoms with Crippen LogP contribution in [0.15, 0.2) is 36.4 Å². The number of benzene rings is 1. The van der Waals surface area contributed by atoms with Gasteiger partial charge in [0.25, 0.3) is 0 Å². The number of hydrogen-bond donors (Lipinski definition) is 2. The van der Waals surface area contributed by atoms with Gasteiger partial charge < -0.3 is 15.1 Å². The van der Waals surface area contributed by atoms with E-state index in [-0.39, 0.29) is 11.6 Å². The van der Waals surface area contributed by atoms with Crippen LogP contribution in [0.5, 0.6) is 0 Å². The van der Waals surface area contributed by atoms with Crippen LogP contribution in [0.25, 0.3) is 0 Å². The highest BCUT2D eigenvalue weighted by atomic mass is 19.1. The van der Waals surface area contributed by atoms with Crippen LogP contribution in [0.1, 0.15) is 29.6 Å². The number of carbonyl (C=O) groups excluding carboxylic acids is 1. The fourth-order valence-corrected chi connectivity index (χ4v) is 2.62. The number of carboxylic acid groups (broad SMARTS) is 2. The van der Waals surface area contributed by atoms with Crippen molar-refractivity contribution in [2.24, 2.45) is 5.92 Å². The molecule has 0 amide bonds. The van der Waals surface area contributed by atoms with Gasteiger partial charge in [-0.25, -0.2) is 14.0 Å². The van der Waals surface area contributed by atoms with Gasteiger partial charge in [0, 0.05) is 30.7 Å². The van der Waals surface area contributed by atoms with E-state index in [4.69, 9.17) is 10.2 Å². The molecule has 0 aliphatic carbocycles. The molecule has 2 N–H and O–H groups in total. The number of Topliss-reactive ketones (excluding diaryl/α,β-unsaturated/α-hetero) is 1. The monoisotopic (exact) mass is 351 g/mol. The van der Waals surface area contributed by atoms with Crippen LogP contribution < -0.4 is 0 Å². The van der Waals surface area contributed by atoms with Crippen molar-refractivity contribution in [2.45, 2.75) is 19.3 Å². The lowest BCUT2D eigenvalue weighted by Crippen LogP contribution is -2.33. The molecule has 0 radical (unpaired) electrons. The average molecular weight is 351 g/mol. The summed E-state index contributed by atoms with van der Waals surface area (Å²) in [5.41, 5.74) is 0.498. The van der Waals surface area contributed by atoms with Crippen LogP contribution in [0.4, 0.5) is 4.39 Å². The van der Waals surface area contributed by atoms with Gasteiger partial charge in [-0.05, 0) is 44.5 Å². The molecule has 1 aliphatic rings. The van der Waals surface area contributed by atoms with Crippen molar-refractivity contribution in [1.82, 2.24) is 4.90 Å². The number of halogens is 1. The first-order valence-electron chi connectivity index (χ1n) is 7.89. The van der Waals surface area contributed by atoms with Crippen LogP contribution in [0, 0.1) is 11.7 Å². The Labute approximate surface area is 145 Å². The van der Waals surface area contributed by atoms with E-state index in [9.17, 15) is 18.8 Å². The lowest BCUT2D eigenvalue weighted by molar-refractivity contribution is -0.134. The van der Waals surface area contributed by atoms with Crippen molar-refractivity contribution in [3.8, 4) is 0 Å². The minimum absolute atomic E-state index is 0.0600. The molecule has 1 fully saturated rings. The Kier molecular flexibility index (Phi) is 8.49. The first-order valence-corrected chi connectivity index (χ1v) is 7.89. The molecule has 0 spiro atoms. The summed E-state index contributed by atoms with van der Waals surface area (Å²) in [7, 11) is 2.08. The topological polar surface area (TPSA) is 94.9 Å². The molecule has 1 aliphatic heterocycles. The molecule has 1 aromatic carbocycles. The van der Waals surface area contributed by atoms with Crippen molar-refractivity contribution < 1.29 is 29.0 Å². The highest BCUT2D eigenvalue weighted by Gasteiger charge is 2.20. The maximum absolute atomic E-state index is 13.0. The van der Waals surface area contributed by atoms with E-state index < -0.39 is 11.9 Å². The van der Waals surface area contributed by atoms with Crippen molar-refractivity contribution in [3.63, 3.8) is 0 Å². The molecule has 0 bridgehead atoms. The van der Waals surface area contributed by atoms with E-state index in [2.05, 4.69) is 11.9 Å². The fraction of sp³-hybridized carbons (Fsp3) is 0.389. The zero-order valence-electron chi connectivity index (χ0n) is 14.0. The van der Waals surface area contributed by atoms with Crippen molar-refractivity contribution in [3.05, 3.63) is 47.8 Å². The van der Waals surface area contributed by atoms with Crippen LogP contribution in [-0.2, 0) is 9.59 Å². The number of piperidine rings is 1. The van der Waals surface area contributed by atoms with Crippen LogP contribution in [0.3, 0.4) is 0 Å². The minimum Gasteiger partial charge on any atom is -0.478 e. The first-order chi connectivity index (χ1) is 11.8. The maximum Gasteiger partial charge on any atom is 0.328 e. The largest absolute Gasteiger partial charge is 0.478 e. The van der Waals surface area contributed by atoms with Gasteiger partial charge in [0.05, 0.1) is 0 Å². The summed E-state index contributed by atoms with van der Waals surface area (Å²) in [6.45, 7) is 2.09. The lowest BCUT2D eigenvalue weighted by Gasteiger charge is -2.29. The Bertz CT molecular complexity index is 628. The Morgan fingerprint density at radius 1 is 1.24 bits per heavy atom. The molecule has 0 aromatic heterocycles. The number of hydrogen-bond acceptors (Lipinski definition) is 4. The van der Waals surface area contributed by atoms with Crippen molar-refractivity contribution in [1.29, 1.82) is 0 Å². The van der Waals surface area contributed by atoms with E-state index in [1.807, 2.05) is 0 Å². The third-order valence-electron chi connectivity index (χ3n) is 3.71. The second-order valence-corrected chi connectivity index (χ2v) is 5.92. The molecule has 1 atom stereocenters. The SMILES string of the molecule is CN1CCCC(CC(=O)c2cccc(F)c2)C1.O=C(O)/C=C\C(=O)O. The number of nitrogens with zero attached hydrogens (tertiary/aromatic N) is 1. The first kappa shape index (κ1) is 20.5. The van der Waals surface area contributed by atoms with Gasteiger partial charge in [-0.1, -0.05) is 12.1 Å². The quantitative estimate of drug-likeness (QED) is 0.625. The summed E-state index contributed by atoms with van der Waals surface area (Å²) in [6.07, 6.45) is 3.90. The Morgan fingerprint density at radius 3 is 2.40 bits per heavy atom. The maximum atomic E-state index is 13.0. The molecular weight excluding hydrogens is 329 g/mol. The third kappa shape index (κ3) is 8.76. The minimum atomic E-state index is -1.26. The molecule has 2 rings (SSSR count). The summed E-state index contributed by atoms with van der Waals surface area (Å²) in [5, 5.41) is 15.6. The summed E-state index contributed by atoms with van der Waals surface area (Å²) in [4.78, 5) is 33.4. The number of carbonyl (C=O) groups is 3. The number of likely N-dealkylation sites (tertiary alicyclic amines) is 1. The number of ketones is 1. The average Bonchev–Trinajstić information content (AvgIpc) is 2.53. The van der Waals surface area contributed by atoms with Crippen LogP contribution in [-0.4, -0.2) is 53.0 Å². The van der Waals surface area contributed by atoms with E-state index in [0.717, 1.165) is 25.9 Å². The second kappa shape index (κ2) is 10.4. The highest BCUT2D eigenvalue weighted by Crippen LogP contribution is 2.20. The predicted octanol–water partition coefficient (Wildman–Crippen LogP) is 2.45. The molecule has 6 nitrogen and oxygen atoms in total. The van der Waals surface area contributed by atoms with Crippen LogP contribution >= 0.6 is 0 Å². The van der Waals surface area contributed by atoms with Crippen molar-refractivity contribution >= 4 is 17.7 Å². The van der Waals surface area contributed by atoms with Gasteiger partial charge >= 0.3 is 11.9 Å². The summed E-state index contributed by atoms with van der Waals surface area (Å²) >= 11 is 0. The molecule has 7 heteroatoms. The number of rotatable bonds is 5. The van der Waals surface area contributed by atoms with Gasteiger partial charge in [-0.2, -0.15) is 0 Å². The van der Waals surface area contributed by atoms with Crippen LogP contribution in [0.2, 0.25) is 0 Å².